The third-order valence-corrected chi connectivity index (χ3v) is 4.36. The SMILES string of the molecule is O=C(/C=C/c1cn(Cc2ccccc2)nn1)Nc1ccc(Nc2ccccc2)cc1. The molecule has 0 aliphatic rings. The zero-order chi connectivity index (χ0) is 20.6. The molecule has 30 heavy (non-hydrogen) atoms. The van der Waals surface area contributed by atoms with Crippen molar-refractivity contribution >= 4 is 29.0 Å². The van der Waals surface area contributed by atoms with Crippen LogP contribution < -0.4 is 10.6 Å². The van der Waals surface area contributed by atoms with Gasteiger partial charge in [-0.2, -0.15) is 0 Å². The highest BCUT2D eigenvalue weighted by molar-refractivity contribution is 6.01. The lowest BCUT2D eigenvalue weighted by molar-refractivity contribution is -0.111. The smallest absolute Gasteiger partial charge is 0.248 e. The van der Waals surface area contributed by atoms with Gasteiger partial charge in [-0.25, -0.2) is 4.68 Å². The maximum absolute atomic E-state index is 12.2. The Bertz CT molecular complexity index is 1120. The fraction of sp³-hybridized carbons (Fsp3) is 0.0417. The van der Waals surface area contributed by atoms with Crippen molar-refractivity contribution in [2.24, 2.45) is 0 Å². The molecule has 1 amide bonds. The van der Waals surface area contributed by atoms with E-state index in [1.54, 1.807) is 17.0 Å². The molecule has 2 N–H and O–H groups in total. The molecule has 3 aromatic carbocycles. The van der Waals surface area contributed by atoms with Crippen LogP contribution >= 0.6 is 0 Å². The highest BCUT2D eigenvalue weighted by Crippen LogP contribution is 2.18. The van der Waals surface area contributed by atoms with Gasteiger partial charge in [0.1, 0.15) is 5.69 Å². The largest absolute Gasteiger partial charge is 0.356 e. The van der Waals surface area contributed by atoms with Gasteiger partial charge in [-0.3, -0.25) is 4.79 Å². The van der Waals surface area contributed by atoms with Crippen molar-refractivity contribution in [2.45, 2.75) is 6.54 Å². The van der Waals surface area contributed by atoms with Crippen molar-refractivity contribution in [3.8, 4) is 0 Å². The zero-order valence-electron chi connectivity index (χ0n) is 16.3. The third kappa shape index (κ3) is 5.42. The first-order valence-electron chi connectivity index (χ1n) is 9.60. The molecule has 0 fully saturated rings. The molecule has 0 aliphatic carbocycles. The van der Waals surface area contributed by atoms with Gasteiger partial charge in [-0.1, -0.05) is 53.7 Å². The van der Waals surface area contributed by atoms with Crippen molar-refractivity contribution in [1.82, 2.24) is 15.0 Å². The molecule has 6 heteroatoms. The molecule has 4 rings (SSSR count). The Morgan fingerprint density at radius 3 is 2.20 bits per heavy atom. The number of para-hydroxylation sites is 1. The summed E-state index contributed by atoms with van der Waals surface area (Å²) in [4.78, 5) is 12.2. The number of amides is 1. The summed E-state index contributed by atoms with van der Waals surface area (Å²) in [6, 6.07) is 27.5. The lowest BCUT2D eigenvalue weighted by atomic mass is 10.2. The lowest BCUT2D eigenvalue weighted by Crippen LogP contribution is -2.07. The predicted octanol–water partition coefficient (Wildman–Crippen LogP) is 4.72. The number of benzene rings is 3. The van der Waals surface area contributed by atoms with Gasteiger partial charge in [0.05, 0.1) is 12.7 Å². The molecule has 0 unspecified atom stereocenters. The van der Waals surface area contributed by atoms with E-state index < -0.39 is 0 Å². The highest BCUT2D eigenvalue weighted by Gasteiger charge is 2.02. The Morgan fingerprint density at radius 1 is 0.833 bits per heavy atom. The van der Waals surface area contributed by atoms with Crippen molar-refractivity contribution in [2.75, 3.05) is 10.6 Å². The molecular formula is C24H21N5O. The van der Waals surface area contributed by atoms with Crippen LogP contribution in [0.25, 0.3) is 6.08 Å². The molecule has 0 radical (unpaired) electrons. The first-order chi connectivity index (χ1) is 14.7. The van der Waals surface area contributed by atoms with Crippen LogP contribution in [0.1, 0.15) is 11.3 Å². The highest BCUT2D eigenvalue weighted by atomic mass is 16.1. The molecule has 0 bridgehead atoms. The van der Waals surface area contributed by atoms with Crippen LogP contribution in [0.2, 0.25) is 0 Å². The van der Waals surface area contributed by atoms with E-state index in [4.69, 9.17) is 0 Å². The average Bonchev–Trinajstić information content (AvgIpc) is 3.22. The first-order valence-corrected chi connectivity index (χ1v) is 9.60. The topological polar surface area (TPSA) is 71.8 Å². The molecule has 1 aromatic heterocycles. The number of nitrogens with zero attached hydrogens (tertiary/aromatic N) is 3. The normalized spacial score (nSPS) is 10.8. The Labute approximate surface area is 174 Å². The monoisotopic (exact) mass is 395 g/mol. The molecule has 0 spiro atoms. The second-order valence-electron chi connectivity index (χ2n) is 6.72. The Balaban J connectivity index is 1.30. The summed E-state index contributed by atoms with van der Waals surface area (Å²) in [5.41, 5.74) is 4.45. The summed E-state index contributed by atoms with van der Waals surface area (Å²) in [5.74, 6) is -0.226. The minimum absolute atomic E-state index is 0.226. The summed E-state index contributed by atoms with van der Waals surface area (Å²) in [6.45, 7) is 0.636. The first kappa shape index (κ1) is 19.1. The molecule has 0 aliphatic heterocycles. The van der Waals surface area contributed by atoms with Crippen molar-refractivity contribution in [3.05, 3.63) is 108 Å². The van der Waals surface area contributed by atoms with Gasteiger partial charge in [0, 0.05) is 23.1 Å². The van der Waals surface area contributed by atoms with Crippen LogP contribution in [-0.2, 0) is 11.3 Å². The van der Waals surface area contributed by atoms with Crippen LogP contribution in [-0.4, -0.2) is 20.9 Å². The molecule has 6 nitrogen and oxygen atoms in total. The molecule has 148 valence electrons. The van der Waals surface area contributed by atoms with Crippen LogP contribution in [0.4, 0.5) is 17.1 Å². The number of aromatic nitrogens is 3. The number of rotatable bonds is 7. The minimum atomic E-state index is -0.226. The molecule has 0 saturated heterocycles. The van der Waals surface area contributed by atoms with Crippen LogP contribution in [0.15, 0.2) is 97.2 Å². The minimum Gasteiger partial charge on any atom is -0.356 e. The van der Waals surface area contributed by atoms with Gasteiger partial charge >= 0.3 is 0 Å². The fourth-order valence-corrected chi connectivity index (χ4v) is 2.91. The molecule has 0 atom stereocenters. The standard InChI is InChI=1S/C24H21N5O/c30-24(16-15-23-18-29(28-27-23)17-19-7-3-1-4-8-19)26-22-13-11-21(12-14-22)25-20-9-5-2-6-10-20/h1-16,18,25H,17H2,(H,26,30)/b16-15+. The number of carbonyl (C=O) groups is 1. The maximum Gasteiger partial charge on any atom is 0.248 e. The second kappa shape index (κ2) is 9.34. The Hall–Kier alpha value is -4.19. The molecular weight excluding hydrogens is 374 g/mol. The van der Waals surface area contributed by atoms with Gasteiger partial charge in [0.2, 0.25) is 5.91 Å². The third-order valence-electron chi connectivity index (χ3n) is 4.36. The number of hydrogen-bond donors (Lipinski definition) is 2. The zero-order valence-corrected chi connectivity index (χ0v) is 16.3. The maximum atomic E-state index is 12.2. The fourth-order valence-electron chi connectivity index (χ4n) is 2.91. The van der Waals surface area contributed by atoms with E-state index in [9.17, 15) is 4.79 Å². The number of nitrogens with one attached hydrogen (secondary N) is 2. The summed E-state index contributed by atoms with van der Waals surface area (Å²) in [6.07, 6.45) is 4.91. The van der Waals surface area contributed by atoms with Crippen molar-refractivity contribution in [3.63, 3.8) is 0 Å². The van der Waals surface area contributed by atoms with E-state index in [1.165, 1.54) is 6.08 Å². The van der Waals surface area contributed by atoms with Gasteiger partial charge < -0.3 is 10.6 Å². The van der Waals surface area contributed by atoms with Gasteiger partial charge in [0.15, 0.2) is 0 Å². The van der Waals surface area contributed by atoms with Crippen LogP contribution in [0, 0.1) is 0 Å². The van der Waals surface area contributed by atoms with Crippen molar-refractivity contribution in [1.29, 1.82) is 0 Å². The summed E-state index contributed by atoms with van der Waals surface area (Å²) < 4.78 is 1.74. The van der Waals surface area contributed by atoms with Crippen LogP contribution in [0.3, 0.4) is 0 Å². The summed E-state index contributed by atoms with van der Waals surface area (Å²) in [7, 11) is 0. The summed E-state index contributed by atoms with van der Waals surface area (Å²) >= 11 is 0. The van der Waals surface area contributed by atoms with Crippen molar-refractivity contribution < 1.29 is 4.79 Å². The number of anilines is 3. The number of carbonyl (C=O) groups excluding carboxylic acids is 1. The second-order valence-corrected chi connectivity index (χ2v) is 6.72. The van der Waals surface area contributed by atoms with Gasteiger partial charge in [-0.15, -0.1) is 5.10 Å². The van der Waals surface area contributed by atoms with Gasteiger partial charge in [-0.05, 0) is 48.0 Å². The van der Waals surface area contributed by atoms with Crippen LogP contribution in [0.5, 0.6) is 0 Å². The Kier molecular flexibility index (Phi) is 5.96. The van der Waals surface area contributed by atoms with E-state index in [2.05, 4.69) is 20.9 Å². The van der Waals surface area contributed by atoms with E-state index in [0.717, 1.165) is 22.6 Å². The van der Waals surface area contributed by atoms with E-state index in [-0.39, 0.29) is 5.91 Å². The molecule has 4 aromatic rings. The molecule has 1 heterocycles. The van der Waals surface area contributed by atoms with E-state index in [1.807, 2.05) is 84.9 Å². The molecule has 0 saturated carbocycles. The lowest BCUT2D eigenvalue weighted by Gasteiger charge is -2.07. The van der Waals surface area contributed by atoms with E-state index in [0.29, 0.717) is 12.2 Å². The Morgan fingerprint density at radius 2 is 1.47 bits per heavy atom. The van der Waals surface area contributed by atoms with E-state index >= 15 is 0 Å². The number of hydrogen-bond acceptors (Lipinski definition) is 4. The quantitative estimate of drug-likeness (QED) is 0.444. The van der Waals surface area contributed by atoms with Gasteiger partial charge in [0.25, 0.3) is 0 Å². The summed E-state index contributed by atoms with van der Waals surface area (Å²) in [5, 5.41) is 14.3. The predicted molar refractivity (Wildman–Crippen MR) is 119 cm³/mol. The average molecular weight is 395 g/mol.